The lowest BCUT2D eigenvalue weighted by molar-refractivity contribution is -0.386. The predicted octanol–water partition coefficient (Wildman–Crippen LogP) is 2.71. The molecule has 4 rings (SSSR count). The van der Waals surface area contributed by atoms with E-state index in [9.17, 15) is 10.1 Å². The van der Waals surface area contributed by atoms with E-state index < -0.39 is 5.66 Å². The van der Waals surface area contributed by atoms with E-state index >= 15 is 0 Å². The summed E-state index contributed by atoms with van der Waals surface area (Å²) < 4.78 is 0. The Bertz CT molecular complexity index is 936. The summed E-state index contributed by atoms with van der Waals surface area (Å²) in [6.45, 7) is 3.83. The molecule has 25 heavy (non-hydrogen) atoms. The summed E-state index contributed by atoms with van der Waals surface area (Å²) in [4.78, 5) is 23.0. The Morgan fingerprint density at radius 1 is 1.00 bits per heavy atom. The molecule has 1 atom stereocenters. The number of benzene rings is 2. The van der Waals surface area contributed by atoms with Crippen molar-refractivity contribution < 1.29 is 4.92 Å². The summed E-state index contributed by atoms with van der Waals surface area (Å²) in [5, 5.41) is 12.5. The summed E-state index contributed by atoms with van der Waals surface area (Å²) in [6.07, 6.45) is 3.51. The van der Waals surface area contributed by atoms with Crippen molar-refractivity contribution in [1.29, 1.82) is 0 Å². The molecule has 0 spiro atoms. The van der Waals surface area contributed by atoms with Gasteiger partial charge in [0.25, 0.3) is 5.69 Å². The van der Waals surface area contributed by atoms with E-state index in [1.54, 1.807) is 6.07 Å². The lowest BCUT2D eigenvalue weighted by Gasteiger charge is -2.28. The van der Waals surface area contributed by atoms with E-state index in [1.807, 2.05) is 43.3 Å². The highest BCUT2D eigenvalue weighted by Crippen LogP contribution is 2.29. The van der Waals surface area contributed by atoms with Crippen LogP contribution in [0.25, 0.3) is 0 Å². The summed E-state index contributed by atoms with van der Waals surface area (Å²) in [7, 11) is 0. The maximum absolute atomic E-state index is 11.5. The SMILES string of the molecule is CC1(c2ccccc2)N=c2c(N3CCCCC3)ccc([N+](=O)[O-])c2=N1. The quantitative estimate of drug-likeness (QED) is 0.639. The van der Waals surface area contributed by atoms with Crippen LogP contribution in [0.4, 0.5) is 11.4 Å². The Morgan fingerprint density at radius 3 is 2.36 bits per heavy atom. The number of nitrogens with zero attached hydrogens (tertiary/aromatic N) is 4. The monoisotopic (exact) mass is 336 g/mol. The lowest BCUT2D eigenvalue weighted by Crippen LogP contribution is -2.37. The van der Waals surface area contributed by atoms with E-state index in [-0.39, 0.29) is 10.6 Å². The number of piperidine rings is 1. The van der Waals surface area contributed by atoms with Crippen molar-refractivity contribution in [2.24, 2.45) is 9.98 Å². The van der Waals surface area contributed by atoms with Crippen molar-refractivity contribution >= 4 is 11.4 Å². The summed E-state index contributed by atoms with van der Waals surface area (Å²) in [5.41, 5.74) is 1.10. The van der Waals surface area contributed by atoms with Crippen molar-refractivity contribution in [3.8, 4) is 0 Å². The molecule has 2 heterocycles. The first-order chi connectivity index (χ1) is 12.1. The zero-order valence-electron chi connectivity index (χ0n) is 14.2. The molecular weight excluding hydrogens is 316 g/mol. The standard InChI is InChI=1S/C19H20N4O2/c1-19(14-8-4-2-5-9-14)20-17-15(22-12-6-3-7-13-22)10-11-16(23(24)25)18(17)21-19/h2,4-5,8-11H,3,6-7,12-13H2,1H3. The maximum Gasteiger partial charge on any atom is 0.296 e. The maximum atomic E-state index is 11.5. The van der Waals surface area contributed by atoms with Crippen LogP contribution in [-0.2, 0) is 5.66 Å². The molecule has 0 bridgehead atoms. The van der Waals surface area contributed by atoms with Crippen LogP contribution in [0.15, 0.2) is 52.4 Å². The van der Waals surface area contributed by atoms with Crippen molar-refractivity contribution in [1.82, 2.24) is 0 Å². The molecule has 0 aliphatic carbocycles. The fraction of sp³-hybridized carbons (Fsp3) is 0.368. The Hall–Kier alpha value is -2.76. The van der Waals surface area contributed by atoms with Crippen LogP contribution >= 0.6 is 0 Å². The highest BCUT2D eigenvalue weighted by molar-refractivity contribution is 5.52. The zero-order chi connectivity index (χ0) is 17.4. The van der Waals surface area contributed by atoms with Gasteiger partial charge in [0.15, 0.2) is 11.0 Å². The third kappa shape index (κ3) is 2.67. The third-order valence-corrected chi connectivity index (χ3v) is 4.98. The van der Waals surface area contributed by atoms with Gasteiger partial charge in [-0.1, -0.05) is 30.3 Å². The molecule has 2 aliphatic heterocycles. The molecule has 1 saturated heterocycles. The van der Waals surface area contributed by atoms with Crippen LogP contribution in [0, 0.1) is 10.1 Å². The van der Waals surface area contributed by atoms with Crippen molar-refractivity contribution in [2.45, 2.75) is 31.8 Å². The van der Waals surface area contributed by atoms with Gasteiger partial charge < -0.3 is 4.90 Å². The first-order valence-corrected chi connectivity index (χ1v) is 8.66. The van der Waals surface area contributed by atoms with Crippen molar-refractivity contribution in [3.63, 3.8) is 0 Å². The molecular formula is C19H20N4O2. The number of hydrogen-bond donors (Lipinski definition) is 0. The van der Waals surface area contributed by atoms with Gasteiger partial charge >= 0.3 is 0 Å². The third-order valence-electron chi connectivity index (χ3n) is 4.98. The Labute approximate surface area is 145 Å². The second-order valence-corrected chi connectivity index (χ2v) is 6.72. The second kappa shape index (κ2) is 5.95. The molecule has 0 aromatic heterocycles. The van der Waals surface area contributed by atoms with Gasteiger partial charge in [-0.2, -0.15) is 0 Å². The van der Waals surface area contributed by atoms with Crippen molar-refractivity contribution in [2.75, 3.05) is 18.0 Å². The van der Waals surface area contributed by atoms with Gasteiger partial charge in [0.05, 0.1) is 10.6 Å². The van der Waals surface area contributed by atoms with E-state index in [4.69, 9.17) is 9.98 Å². The topological polar surface area (TPSA) is 71.1 Å². The molecule has 1 unspecified atom stereocenters. The smallest absolute Gasteiger partial charge is 0.296 e. The highest BCUT2D eigenvalue weighted by atomic mass is 16.6. The van der Waals surface area contributed by atoms with Gasteiger partial charge in [-0.25, -0.2) is 9.98 Å². The highest BCUT2D eigenvalue weighted by Gasteiger charge is 2.32. The minimum Gasteiger partial charge on any atom is -0.370 e. The minimum atomic E-state index is -0.819. The average molecular weight is 336 g/mol. The Balaban J connectivity index is 1.93. The number of fused-ring (bicyclic) bond motifs is 1. The molecule has 2 aromatic rings. The largest absolute Gasteiger partial charge is 0.370 e. The van der Waals surface area contributed by atoms with E-state index in [0.29, 0.717) is 10.7 Å². The summed E-state index contributed by atoms with van der Waals surface area (Å²) >= 11 is 0. The number of nitro benzene ring substituents is 1. The molecule has 2 aliphatic rings. The van der Waals surface area contributed by atoms with E-state index in [0.717, 1.165) is 37.2 Å². The number of hydrogen-bond acceptors (Lipinski definition) is 5. The van der Waals surface area contributed by atoms with Gasteiger partial charge in [-0.15, -0.1) is 0 Å². The predicted molar refractivity (Wildman–Crippen MR) is 95.3 cm³/mol. The van der Waals surface area contributed by atoms with Gasteiger partial charge in [0, 0.05) is 24.7 Å². The van der Waals surface area contributed by atoms with Crippen LogP contribution in [-0.4, -0.2) is 18.0 Å². The first kappa shape index (κ1) is 15.7. The molecule has 6 heteroatoms. The van der Waals surface area contributed by atoms with Gasteiger partial charge in [0.2, 0.25) is 0 Å². The van der Waals surface area contributed by atoms with Crippen LogP contribution in [0.1, 0.15) is 31.7 Å². The number of anilines is 1. The number of rotatable bonds is 3. The van der Waals surface area contributed by atoms with Gasteiger partial charge in [-0.05, 0) is 32.3 Å². The Kier molecular flexibility index (Phi) is 3.75. The molecule has 0 radical (unpaired) electrons. The second-order valence-electron chi connectivity index (χ2n) is 6.72. The normalized spacial score (nSPS) is 22.0. The van der Waals surface area contributed by atoms with Crippen LogP contribution < -0.4 is 15.6 Å². The molecule has 2 aromatic carbocycles. The molecule has 0 N–H and O–H groups in total. The average Bonchev–Trinajstić information content (AvgIpc) is 3.00. The van der Waals surface area contributed by atoms with Crippen LogP contribution in [0.2, 0.25) is 0 Å². The van der Waals surface area contributed by atoms with E-state index in [1.165, 1.54) is 6.42 Å². The summed E-state index contributed by atoms with van der Waals surface area (Å²) in [5.74, 6) is 0. The molecule has 6 nitrogen and oxygen atoms in total. The number of nitro groups is 1. The molecule has 1 fully saturated rings. The minimum absolute atomic E-state index is 0.0270. The first-order valence-electron chi connectivity index (χ1n) is 8.66. The van der Waals surface area contributed by atoms with Crippen LogP contribution in [0.5, 0.6) is 0 Å². The fourth-order valence-electron chi connectivity index (χ4n) is 3.66. The zero-order valence-corrected chi connectivity index (χ0v) is 14.2. The lowest BCUT2D eigenvalue weighted by atomic mass is 10.0. The molecule has 0 saturated carbocycles. The number of non-ortho nitro benzene ring substituents is 1. The summed E-state index contributed by atoms with van der Waals surface area (Å²) in [6, 6.07) is 13.1. The van der Waals surface area contributed by atoms with Crippen LogP contribution in [0.3, 0.4) is 0 Å². The van der Waals surface area contributed by atoms with Crippen molar-refractivity contribution in [3.05, 3.63) is 68.9 Å². The van der Waals surface area contributed by atoms with Gasteiger partial charge in [-0.3, -0.25) is 10.1 Å². The van der Waals surface area contributed by atoms with Gasteiger partial charge in [0.1, 0.15) is 5.36 Å². The van der Waals surface area contributed by atoms with E-state index in [2.05, 4.69) is 4.90 Å². The Morgan fingerprint density at radius 2 is 1.68 bits per heavy atom. The molecule has 0 amide bonds. The fourth-order valence-corrected chi connectivity index (χ4v) is 3.66. The molecule has 128 valence electrons.